The van der Waals surface area contributed by atoms with Crippen LogP contribution in [0.1, 0.15) is 11.1 Å². The zero-order chi connectivity index (χ0) is 13.9. The minimum absolute atomic E-state index is 0.883. The molecule has 0 spiro atoms. The minimum atomic E-state index is 0.883. The molecule has 3 heteroatoms. The Balaban J connectivity index is 1.73. The van der Waals surface area contributed by atoms with Crippen LogP contribution in [0.25, 0.3) is 0 Å². The maximum absolute atomic E-state index is 3.55. The molecule has 0 aliphatic carbocycles. The van der Waals surface area contributed by atoms with Crippen LogP contribution in [0.5, 0.6) is 0 Å². The van der Waals surface area contributed by atoms with Gasteiger partial charge in [-0.3, -0.25) is 0 Å². The van der Waals surface area contributed by atoms with E-state index < -0.39 is 0 Å². The van der Waals surface area contributed by atoms with Gasteiger partial charge in [0.15, 0.2) is 0 Å². The van der Waals surface area contributed by atoms with E-state index in [9.17, 15) is 0 Å². The van der Waals surface area contributed by atoms with Crippen molar-refractivity contribution in [2.75, 3.05) is 30.1 Å². The molecule has 1 N–H and O–H groups in total. The summed E-state index contributed by atoms with van der Waals surface area (Å²) in [4.78, 5) is 3.63. The Kier molecular flexibility index (Phi) is 3.88. The SMILES string of the molecule is CSc1ccccc1NCc1ccc2c(c1)CCN2C. The summed E-state index contributed by atoms with van der Waals surface area (Å²) in [5, 5.41) is 3.55. The van der Waals surface area contributed by atoms with Crippen LogP contribution in [0.2, 0.25) is 0 Å². The molecule has 0 unspecified atom stereocenters. The summed E-state index contributed by atoms with van der Waals surface area (Å²) < 4.78 is 0. The Morgan fingerprint density at radius 3 is 2.90 bits per heavy atom. The molecule has 1 heterocycles. The fourth-order valence-corrected chi connectivity index (χ4v) is 3.29. The smallest absolute Gasteiger partial charge is 0.0480 e. The second-order valence-electron chi connectivity index (χ2n) is 5.19. The largest absolute Gasteiger partial charge is 0.380 e. The normalized spacial score (nSPS) is 13.4. The fraction of sp³-hybridized carbons (Fsp3) is 0.294. The third kappa shape index (κ3) is 2.63. The van der Waals surface area contributed by atoms with Crippen molar-refractivity contribution in [1.29, 1.82) is 0 Å². The van der Waals surface area contributed by atoms with Gasteiger partial charge in [0.25, 0.3) is 0 Å². The Bertz CT molecular complexity index is 610. The molecule has 3 rings (SSSR count). The van der Waals surface area contributed by atoms with Crippen molar-refractivity contribution in [2.45, 2.75) is 17.9 Å². The molecule has 2 nitrogen and oxygen atoms in total. The van der Waals surface area contributed by atoms with Crippen molar-refractivity contribution in [3.63, 3.8) is 0 Å². The molecule has 20 heavy (non-hydrogen) atoms. The zero-order valence-corrected chi connectivity index (χ0v) is 12.8. The zero-order valence-electron chi connectivity index (χ0n) is 12.0. The van der Waals surface area contributed by atoms with Crippen molar-refractivity contribution in [1.82, 2.24) is 0 Å². The summed E-state index contributed by atoms with van der Waals surface area (Å²) in [6.07, 6.45) is 3.28. The van der Waals surface area contributed by atoms with Crippen molar-refractivity contribution in [3.8, 4) is 0 Å². The highest BCUT2D eigenvalue weighted by Gasteiger charge is 2.15. The molecule has 104 valence electrons. The first-order valence-corrected chi connectivity index (χ1v) is 8.20. The van der Waals surface area contributed by atoms with Gasteiger partial charge in [-0.2, -0.15) is 0 Å². The van der Waals surface area contributed by atoms with Crippen LogP contribution in [0.15, 0.2) is 47.4 Å². The summed E-state index contributed by atoms with van der Waals surface area (Å²) in [6, 6.07) is 15.3. The number of rotatable bonds is 4. The number of hydrogen-bond donors (Lipinski definition) is 1. The Morgan fingerprint density at radius 2 is 2.05 bits per heavy atom. The lowest BCUT2D eigenvalue weighted by atomic mass is 10.1. The first kappa shape index (κ1) is 13.4. The number of nitrogens with zero attached hydrogens (tertiary/aromatic N) is 1. The minimum Gasteiger partial charge on any atom is -0.380 e. The van der Waals surface area contributed by atoms with Gasteiger partial charge >= 0.3 is 0 Å². The van der Waals surface area contributed by atoms with Gasteiger partial charge in [-0.05, 0) is 42.0 Å². The van der Waals surface area contributed by atoms with E-state index in [-0.39, 0.29) is 0 Å². The molecule has 1 aliphatic rings. The third-order valence-corrected chi connectivity index (χ3v) is 4.66. The average molecular weight is 284 g/mol. The van der Waals surface area contributed by atoms with E-state index in [0.29, 0.717) is 0 Å². The maximum atomic E-state index is 3.55. The molecule has 0 bridgehead atoms. The van der Waals surface area contributed by atoms with Gasteiger partial charge in [0.2, 0.25) is 0 Å². The van der Waals surface area contributed by atoms with E-state index in [1.807, 2.05) is 0 Å². The van der Waals surface area contributed by atoms with Gasteiger partial charge in [-0.25, -0.2) is 0 Å². The Morgan fingerprint density at radius 1 is 1.20 bits per heavy atom. The first-order valence-electron chi connectivity index (χ1n) is 6.98. The van der Waals surface area contributed by atoms with E-state index in [1.54, 1.807) is 11.8 Å². The van der Waals surface area contributed by atoms with Gasteiger partial charge in [0.1, 0.15) is 0 Å². The third-order valence-electron chi connectivity index (χ3n) is 3.86. The monoisotopic (exact) mass is 284 g/mol. The van der Waals surface area contributed by atoms with Crippen LogP contribution in [0.4, 0.5) is 11.4 Å². The number of nitrogens with one attached hydrogen (secondary N) is 1. The molecule has 0 amide bonds. The van der Waals surface area contributed by atoms with E-state index >= 15 is 0 Å². The number of thioether (sulfide) groups is 1. The van der Waals surface area contributed by atoms with Crippen LogP contribution >= 0.6 is 11.8 Å². The second kappa shape index (κ2) is 5.80. The van der Waals surface area contributed by atoms with Crippen LogP contribution < -0.4 is 10.2 Å². The predicted molar refractivity (Wildman–Crippen MR) is 89.0 cm³/mol. The number of benzene rings is 2. The summed E-state index contributed by atoms with van der Waals surface area (Å²) in [5.41, 5.74) is 5.44. The van der Waals surface area contributed by atoms with E-state index in [4.69, 9.17) is 0 Å². The molecular weight excluding hydrogens is 264 g/mol. The number of anilines is 2. The molecule has 0 aromatic heterocycles. The van der Waals surface area contributed by atoms with Gasteiger partial charge in [0, 0.05) is 36.4 Å². The maximum Gasteiger partial charge on any atom is 0.0480 e. The van der Waals surface area contributed by atoms with Crippen LogP contribution in [-0.2, 0) is 13.0 Å². The van der Waals surface area contributed by atoms with Gasteiger partial charge in [-0.1, -0.05) is 24.3 Å². The quantitative estimate of drug-likeness (QED) is 0.854. The van der Waals surface area contributed by atoms with Crippen molar-refractivity contribution >= 4 is 23.1 Å². The number of para-hydroxylation sites is 1. The highest BCUT2D eigenvalue weighted by Crippen LogP contribution is 2.28. The lowest BCUT2D eigenvalue weighted by Gasteiger charge is -2.13. The highest BCUT2D eigenvalue weighted by atomic mass is 32.2. The summed E-state index contributed by atoms with van der Waals surface area (Å²) in [7, 11) is 2.17. The molecule has 0 saturated carbocycles. The second-order valence-corrected chi connectivity index (χ2v) is 6.04. The topological polar surface area (TPSA) is 15.3 Å². The lowest BCUT2D eigenvalue weighted by Crippen LogP contribution is -2.12. The molecule has 0 radical (unpaired) electrons. The number of likely N-dealkylation sites (N-methyl/N-ethyl adjacent to an activating group) is 1. The van der Waals surface area contributed by atoms with Gasteiger partial charge in [0.05, 0.1) is 0 Å². The Hall–Kier alpha value is -1.61. The van der Waals surface area contributed by atoms with E-state index in [1.165, 1.54) is 33.8 Å². The summed E-state index contributed by atoms with van der Waals surface area (Å²) >= 11 is 1.78. The number of fused-ring (bicyclic) bond motifs is 1. The molecular formula is C17H20N2S. The lowest BCUT2D eigenvalue weighted by molar-refractivity contribution is 0.955. The molecule has 0 saturated heterocycles. The van der Waals surface area contributed by atoms with Gasteiger partial charge < -0.3 is 10.2 Å². The number of hydrogen-bond acceptors (Lipinski definition) is 3. The van der Waals surface area contributed by atoms with Crippen molar-refractivity contribution in [2.24, 2.45) is 0 Å². The summed E-state index contributed by atoms with van der Waals surface area (Å²) in [6.45, 7) is 2.02. The standard InChI is InChI=1S/C17H20N2S/c1-19-10-9-14-11-13(7-8-16(14)19)12-18-15-5-3-4-6-17(15)20-2/h3-8,11,18H,9-10,12H2,1-2H3. The molecule has 2 aromatic carbocycles. The van der Waals surface area contributed by atoms with Crippen molar-refractivity contribution < 1.29 is 0 Å². The average Bonchev–Trinajstić information content (AvgIpc) is 2.86. The summed E-state index contributed by atoms with van der Waals surface area (Å²) in [5.74, 6) is 0. The van der Waals surface area contributed by atoms with Crippen LogP contribution in [0, 0.1) is 0 Å². The van der Waals surface area contributed by atoms with Crippen molar-refractivity contribution in [3.05, 3.63) is 53.6 Å². The van der Waals surface area contributed by atoms with Crippen LogP contribution in [0.3, 0.4) is 0 Å². The van der Waals surface area contributed by atoms with Gasteiger partial charge in [-0.15, -0.1) is 11.8 Å². The highest BCUT2D eigenvalue weighted by molar-refractivity contribution is 7.98. The first-order chi connectivity index (χ1) is 9.78. The van der Waals surface area contributed by atoms with E-state index in [0.717, 1.165) is 13.1 Å². The molecule has 0 fully saturated rings. The molecule has 0 atom stereocenters. The molecule has 2 aromatic rings. The predicted octanol–water partition coefficient (Wildman–Crippen LogP) is 4.01. The fourth-order valence-electron chi connectivity index (χ4n) is 2.72. The van der Waals surface area contributed by atoms with E-state index in [2.05, 4.69) is 66.0 Å². The van der Waals surface area contributed by atoms with Crippen LogP contribution in [-0.4, -0.2) is 19.8 Å². The Labute approximate surface area is 125 Å². The molecule has 1 aliphatic heterocycles.